The Morgan fingerprint density at radius 2 is 1.77 bits per heavy atom. The number of piperidine rings is 1. The Balaban J connectivity index is 1.52. The standard InChI is InChI=1S/C25H26ClN3OS/c1-19-13-15-28(16-14-19)25(30)24-12-11-22(17-27-24)29(31-23-5-3-2-4-6-23)18-20-7-9-21(26)10-8-20/h2-12,17,19H,13-16,18H2,1H3. The van der Waals surface area contributed by atoms with Crippen LogP contribution in [0.15, 0.2) is 77.8 Å². The lowest BCUT2D eigenvalue weighted by atomic mass is 9.99. The van der Waals surface area contributed by atoms with Crippen LogP contribution in [0.5, 0.6) is 0 Å². The third-order valence-electron chi connectivity index (χ3n) is 5.52. The van der Waals surface area contributed by atoms with E-state index in [0.29, 0.717) is 18.2 Å². The third-order valence-corrected chi connectivity index (χ3v) is 6.82. The molecule has 0 aliphatic carbocycles. The van der Waals surface area contributed by atoms with Crippen molar-refractivity contribution >= 4 is 35.1 Å². The highest BCUT2D eigenvalue weighted by Gasteiger charge is 2.22. The van der Waals surface area contributed by atoms with E-state index in [1.54, 1.807) is 18.1 Å². The molecule has 4 nitrogen and oxygen atoms in total. The van der Waals surface area contributed by atoms with Crippen LogP contribution < -0.4 is 4.31 Å². The van der Waals surface area contributed by atoms with Crippen LogP contribution in [-0.4, -0.2) is 28.9 Å². The van der Waals surface area contributed by atoms with Gasteiger partial charge in [-0.25, -0.2) is 4.98 Å². The van der Waals surface area contributed by atoms with E-state index >= 15 is 0 Å². The van der Waals surface area contributed by atoms with Gasteiger partial charge < -0.3 is 9.21 Å². The molecule has 0 bridgehead atoms. The molecule has 2 heterocycles. The molecule has 1 aliphatic rings. The van der Waals surface area contributed by atoms with Crippen LogP contribution in [0.4, 0.5) is 5.69 Å². The first-order valence-corrected chi connectivity index (χ1v) is 11.7. The molecule has 0 spiro atoms. The average molecular weight is 452 g/mol. The van der Waals surface area contributed by atoms with Crippen molar-refractivity contribution in [1.29, 1.82) is 0 Å². The molecule has 6 heteroatoms. The van der Waals surface area contributed by atoms with Crippen molar-refractivity contribution in [2.45, 2.75) is 31.2 Å². The summed E-state index contributed by atoms with van der Waals surface area (Å²) in [5.74, 6) is 0.717. The Labute approximate surface area is 193 Å². The number of benzene rings is 2. The number of nitrogens with zero attached hydrogens (tertiary/aromatic N) is 3. The van der Waals surface area contributed by atoms with Crippen LogP contribution in [0.1, 0.15) is 35.8 Å². The smallest absolute Gasteiger partial charge is 0.272 e. The highest BCUT2D eigenvalue weighted by Crippen LogP contribution is 2.31. The van der Waals surface area contributed by atoms with Crippen molar-refractivity contribution in [1.82, 2.24) is 9.88 Å². The summed E-state index contributed by atoms with van der Waals surface area (Å²) in [6.45, 7) is 4.57. The van der Waals surface area contributed by atoms with Gasteiger partial charge >= 0.3 is 0 Å². The normalized spacial score (nSPS) is 14.5. The SMILES string of the molecule is CC1CCN(C(=O)c2ccc(N(Cc3ccc(Cl)cc3)Sc3ccccc3)cn2)CC1. The lowest BCUT2D eigenvalue weighted by Crippen LogP contribution is -2.38. The molecule has 31 heavy (non-hydrogen) atoms. The number of aromatic nitrogens is 1. The summed E-state index contributed by atoms with van der Waals surface area (Å²) >= 11 is 7.70. The fourth-order valence-electron chi connectivity index (χ4n) is 3.57. The van der Waals surface area contributed by atoms with Crippen molar-refractivity contribution in [3.63, 3.8) is 0 Å². The van der Waals surface area contributed by atoms with Gasteiger partial charge in [0.15, 0.2) is 0 Å². The van der Waals surface area contributed by atoms with E-state index in [0.717, 1.165) is 47.1 Å². The molecule has 1 aromatic heterocycles. The first-order valence-electron chi connectivity index (χ1n) is 10.6. The van der Waals surface area contributed by atoms with E-state index in [2.05, 4.69) is 28.3 Å². The molecule has 0 unspecified atom stereocenters. The van der Waals surface area contributed by atoms with Crippen LogP contribution in [0.3, 0.4) is 0 Å². The molecular weight excluding hydrogens is 426 g/mol. The van der Waals surface area contributed by atoms with E-state index in [1.165, 1.54) is 0 Å². The second-order valence-corrected chi connectivity index (χ2v) is 9.47. The third kappa shape index (κ3) is 5.81. The van der Waals surface area contributed by atoms with Crippen LogP contribution in [-0.2, 0) is 6.54 Å². The molecule has 0 atom stereocenters. The van der Waals surface area contributed by atoms with Gasteiger partial charge in [0, 0.05) is 23.0 Å². The number of hydrogen-bond acceptors (Lipinski definition) is 4. The summed E-state index contributed by atoms with van der Waals surface area (Å²) in [7, 11) is 0. The first-order chi connectivity index (χ1) is 15.1. The summed E-state index contributed by atoms with van der Waals surface area (Å²) < 4.78 is 2.18. The van der Waals surface area contributed by atoms with Gasteiger partial charge in [0.25, 0.3) is 5.91 Å². The summed E-state index contributed by atoms with van der Waals surface area (Å²) in [4.78, 5) is 20.4. The fourth-order valence-corrected chi connectivity index (χ4v) is 4.66. The van der Waals surface area contributed by atoms with E-state index in [1.807, 2.05) is 59.5 Å². The zero-order chi connectivity index (χ0) is 21.6. The monoisotopic (exact) mass is 451 g/mol. The van der Waals surface area contributed by atoms with Crippen molar-refractivity contribution < 1.29 is 4.79 Å². The number of rotatable bonds is 6. The Bertz CT molecular complexity index is 988. The highest BCUT2D eigenvalue weighted by atomic mass is 35.5. The van der Waals surface area contributed by atoms with Crippen LogP contribution >= 0.6 is 23.5 Å². The molecule has 1 saturated heterocycles. The predicted molar refractivity (Wildman–Crippen MR) is 128 cm³/mol. The van der Waals surface area contributed by atoms with Gasteiger partial charge in [-0.2, -0.15) is 0 Å². The summed E-state index contributed by atoms with van der Waals surface area (Å²) in [6, 6.07) is 21.9. The Morgan fingerprint density at radius 3 is 2.42 bits per heavy atom. The molecule has 0 saturated carbocycles. The molecule has 1 aliphatic heterocycles. The van der Waals surface area contributed by atoms with Gasteiger partial charge in [-0.3, -0.25) is 4.79 Å². The van der Waals surface area contributed by atoms with Crippen molar-refractivity contribution in [2.24, 2.45) is 5.92 Å². The first kappa shape index (κ1) is 21.7. The van der Waals surface area contributed by atoms with Crippen LogP contribution in [0.25, 0.3) is 0 Å². The maximum absolute atomic E-state index is 12.8. The van der Waals surface area contributed by atoms with Gasteiger partial charge in [-0.05, 0) is 72.7 Å². The quantitative estimate of drug-likeness (QED) is 0.411. The number of amides is 1. The largest absolute Gasteiger partial charge is 0.337 e. The molecule has 2 aromatic carbocycles. The fraction of sp³-hybridized carbons (Fsp3) is 0.280. The second-order valence-electron chi connectivity index (χ2n) is 7.94. The second kappa shape index (κ2) is 10.2. The number of carbonyl (C=O) groups is 1. The molecule has 160 valence electrons. The summed E-state index contributed by atoms with van der Waals surface area (Å²) in [5.41, 5.74) is 2.61. The van der Waals surface area contributed by atoms with Gasteiger partial charge in [-0.1, -0.05) is 48.9 Å². The number of pyridine rings is 1. The van der Waals surface area contributed by atoms with Crippen molar-refractivity contribution in [2.75, 3.05) is 17.4 Å². The zero-order valence-corrected chi connectivity index (χ0v) is 19.1. The van der Waals surface area contributed by atoms with E-state index in [-0.39, 0.29) is 5.91 Å². The van der Waals surface area contributed by atoms with Crippen molar-refractivity contribution in [3.05, 3.63) is 89.2 Å². The van der Waals surface area contributed by atoms with Gasteiger partial charge in [-0.15, -0.1) is 0 Å². The topological polar surface area (TPSA) is 36.4 Å². The zero-order valence-electron chi connectivity index (χ0n) is 17.6. The number of anilines is 1. The number of carbonyl (C=O) groups excluding carboxylic acids is 1. The van der Waals surface area contributed by atoms with Crippen LogP contribution in [0, 0.1) is 5.92 Å². The molecule has 4 rings (SSSR count). The van der Waals surface area contributed by atoms with Gasteiger partial charge in [0.1, 0.15) is 5.69 Å². The number of halogens is 1. The number of hydrogen-bond donors (Lipinski definition) is 0. The molecule has 0 radical (unpaired) electrons. The van der Waals surface area contributed by atoms with Gasteiger partial charge in [0.2, 0.25) is 0 Å². The molecule has 1 fully saturated rings. The van der Waals surface area contributed by atoms with E-state index in [4.69, 9.17) is 11.6 Å². The van der Waals surface area contributed by atoms with E-state index < -0.39 is 0 Å². The summed E-state index contributed by atoms with van der Waals surface area (Å²) in [6.07, 6.45) is 3.92. The minimum Gasteiger partial charge on any atom is -0.337 e. The van der Waals surface area contributed by atoms with Crippen LogP contribution in [0.2, 0.25) is 5.02 Å². The lowest BCUT2D eigenvalue weighted by molar-refractivity contribution is 0.0691. The maximum Gasteiger partial charge on any atom is 0.272 e. The minimum absolute atomic E-state index is 0.0263. The molecule has 3 aromatic rings. The Morgan fingerprint density at radius 1 is 1.06 bits per heavy atom. The maximum atomic E-state index is 12.8. The average Bonchev–Trinajstić information content (AvgIpc) is 2.81. The number of likely N-dealkylation sites (tertiary alicyclic amines) is 1. The lowest BCUT2D eigenvalue weighted by Gasteiger charge is -2.30. The highest BCUT2D eigenvalue weighted by molar-refractivity contribution is 8.00. The summed E-state index contributed by atoms with van der Waals surface area (Å²) in [5, 5.41) is 0.725. The Hall–Kier alpha value is -2.50. The predicted octanol–water partition coefficient (Wildman–Crippen LogP) is 6.32. The van der Waals surface area contributed by atoms with E-state index in [9.17, 15) is 4.79 Å². The molecule has 0 N–H and O–H groups in total. The molecule has 1 amide bonds. The van der Waals surface area contributed by atoms with Crippen molar-refractivity contribution in [3.8, 4) is 0 Å². The van der Waals surface area contributed by atoms with Gasteiger partial charge in [0.05, 0.1) is 18.4 Å². The Kier molecular flexibility index (Phi) is 7.15. The molecular formula is C25H26ClN3OS. The minimum atomic E-state index is 0.0263.